The summed E-state index contributed by atoms with van der Waals surface area (Å²) in [7, 11) is 0. The van der Waals surface area contributed by atoms with Crippen LogP contribution in [0.3, 0.4) is 0 Å². The maximum Gasteiger partial charge on any atom is 0.322 e. The number of nitrogens with one attached hydrogen (secondary N) is 1. The van der Waals surface area contributed by atoms with Gasteiger partial charge in [-0.05, 0) is 47.9 Å². The molecule has 4 rings (SSSR count). The average Bonchev–Trinajstić information content (AvgIpc) is 3.24. The van der Waals surface area contributed by atoms with Crippen molar-refractivity contribution in [3.8, 4) is 34.3 Å². The molecular weight excluding hydrogens is 435 g/mol. The molecule has 0 bridgehead atoms. The Labute approximate surface area is 184 Å². The lowest BCUT2D eigenvalue weighted by Crippen LogP contribution is -2.30. The van der Waals surface area contributed by atoms with Crippen molar-refractivity contribution >= 4 is 33.5 Å². The van der Waals surface area contributed by atoms with Gasteiger partial charge in [0.05, 0.1) is 33.1 Å². The lowest BCUT2D eigenvalue weighted by Gasteiger charge is -2.10. The summed E-state index contributed by atoms with van der Waals surface area (Å²) in [6.45, 7) is -0.656. The van der Waals surface area contributed by atoms with Gasteiger partial charge in [-0.3, -0.25) is 9.59 Å². The van der Waals surface area contributed by atoms with Crippen LogP contribution in [0, 0.1) is 17.1 Å². The van der Waals surface area contributed by atoms with E-state index in [2.05, 4.69) is 14.7 Å². The molecule has 2 aromatic carbocycles. The Morgan fingerprint density at radius 1 is 1.06 bits per heavy atom. The topological polar surface area (TPSA) is 136 Å². The third-order valence-electron chi connectivity index (χ3n) is 4.61. The number of hydrogen-bond donors (Lipinski definition) is 3. The summed E-state index contributed by atoms with van der Waals surface area (Å²) in [6, 6.07) is 14.0. The molecule has 8 nitrogen and oxygen atoms in total. The van der Waals surface area contributed by atoms with E-state index in [1.54, 1.807) is 24.3 Å². The third-order valence-corrected chi connectivity index (χ3v) is 5.47. The second kappa shape index (κ2) is 8.41. The van der Waals surface area contributed by atoms with E-state index in [1.807, 2.05) is 6.07 Å². The van der Waals surface area contributed by atoms with Gasteiger partial charge < -0.3 is 15.5 Å². The lowest BCUT2D eigenvalue weighted by molar-refractivity contribution is -0.135. The van der Waals surface area contributed by atoms with Crippen molar-refractivity contribution in [2.45, 2.75) is 0 Å². The second-order valence-corrected chi connectivity index (χ2v) is 7.44. The number of carbonyl (C=O) groups excluding carboxylic acids is 1. The van der Waals surface area contributed by atoms with E-state index in [4.69, 9.17) is 10.4 Å². The van der Waals surface area contributed by atoms with E-state index in [9.17, 15) is 19.1 Å². The minimum atomic E-state index is -1.25. The number of aromatic hydroxyl groups is 1. The summed E-state index contributed by atoms with van der Waals surface area (Å²) >= 11 is 1.04. The molecule has 0 radical (unpaired) electrons. The van der Waals surface area contributed by atoms with Crippen LogP contribution in [0.15, 0.2) is 48.5 Å². The highest BCUT2D eigenvalue weighted by molar-refractivity contribution is 7.14. The number of halogens is 1. The molecule has 32 heavy (non-hydrogen) atoms. The van der Waals surface area contributed by atoms with Gasteiger partial charge in [0.2, 0.25) is 0 Å². The minimum Gasteiger partial charge on any atom is -0.505 e. The van der Waals surface area contributed by atoms with Crippen molar-refractivity contribution in [3.05, 3.63) is 65.6 Å². The molecule has 4 aromatic rings. The van der Waals surface area contributed by atoms with Crippen LogP contribution in [-0.4, -0.2) is 38.0 Å². The number of carboxylic acids is 1. The summed E-state index contributed by atoms with van der Waals surface area (Å²) in [6.07, 6.45) is 0. The van der Waals surface area contributed by atoms with Gasteiger partial charge in [0.15, 0.2) is 11.4 Å². The first-order valence-electron chi connectivity index (χ1n) is 9.18. The molecule has 0 aliphatic carbocycles. The van der Waals surface area contributed by atoms with Gasteiger partial charge in [-0.15, -0.1) is 0 Å². The summed E-state index contributed by atoms with van der Waals surface area (Å²) in [5.41, 5.74) is 1.79. The molecule has 0 saturated heterocycles. The van der Waals surface area contributed by atoms with Gasteiger partial charge in [-0.25, -0.2) is 9.37 Å². The Bertz CT molecular complexity index is 1390. The SMILES string of the molecule is N#Cc1ccc(-c2nc(C(=O)NCC(=O)O)c(O)c3c(-c4ccc(F)cc4)nsc23)cc1. The number of aromatic nitrogens is 2. The molecule has 0 saturated carbocycles. The number of fused-ring (bicyclic) bond motifs is 1. The van der Waals surface area contributed by atoms with E-state index >= 15 is 0 Å². The van der Waals surface area contributed by atoms with Crippen molar-refractivity contribution < 1.29 is 24.2 Å². The lowest BCUT2D eigenvalue weighted by atomic mass is 10.0. The van der Waals surface area contributed by atoms with Crippen molar-refractivity contribution in [2.24, 2.45) is 0 Å². The highest BCUT2D eigenvalue weighted by atomic mass is 32.1. The number of aliphatic carboxylic acids is 1. The quantitative estimate of drug-likeness (QED) is 0.425. The predicted molar refractivity (Wildman–Crippen MR) is 115 cm³/mol. The molecule has 2 aromatic heterocycles. The van der Waals surface area contributed by atoms with Crippen molar-refractivity contribution in [1.29, 1.82) is 5.26 Å². The van der Waals surface area contributed by atoms with Gasteiger partial charge in [0.25, 0.3) is 5.91 Å². The zero-order valence-corrected chi connectivity index (χ0v) is 17.0. The highest BCUT2D eigenvalue weighted by Crippen LogP contribution is 2.42. The zero-order valence-electron chi connectivity index (χ0n) is 16.2. The van der Waals surface area contributed by atoms with Crippen molar-refractivity contribution in [3.63, 3.8) is 0 Å². The maximum atomic E-state index is 13.4. The Morgan fingerprint density at radius 3 is 2.31 bits per heavy atom. The first-order valence-corrected chi connectivity index (χ1v) is 9.95. The molecule has 0 atom stereocenters. The normalized spacial score (nSPS) is 10.6. The fourth-order valence-electron chi connectivity index (χ4n) is 3.11. The number of carbonyl (C=O) groups is 2. The van der Waals surface area contributed by atoms with Gasteiger partial charge in [0, 0.05) is 11.1 Å². The molecule has 158 valence electrons. The first-order chi connectivity index (χ1) is 15.4. The number of amides is 1. The third kappa shape index (κ3) is 3.84. The fourth-order valence-corrected chi connectivity index (χ4v) is 4.02. The first kappa shape index (κ1) is 20.9. The van der Waals surface area contributed by atoms with Gasteiger partial charge >= 0.3 is 5.97 Å². The predicted octanol–water partition coefficient (Wildman–Crippen LogP) is 3.56. The molecule has 0 fully saturated rings. The molecule has 3 N–H and O–H groups in total. The smallest absolute Gasteiger partial charge is 0.322 e. The van der Waals surface area contributed by atoms with Crippen LogP contribution in [0.4, 0.5) is 4.39 Å². The van der Waals surface area contributed by atoms with Gasteiger partial charge in [-0.2, -0.15) is 9.64 Å². The summed E-state index contributed by atoms with van der Waals surface area (Å²) in [5.74, 6) is -3.03. The second-order valence-electron chi connectivity index (χ2n) is 6.67. The number of hydrogen-bond acceptors (Lipinski definition) is 7. The Morgan fingerprint density at radius 2 is 1.69 bits per heavy atom. The molecule has 0 aliphatic rings. The van der Waals surface area contributed by atoms with E-state index < -0.39 is 30.0 Å². The number of rotatable bonds is 5. The maximum absolute atomic E-state index is 13.4. The van der Waals surface area contributed by atoms with Crippen LogP contribution in [-0.2, 0) is 4.79 Å². The van der Waals surface area contributed by atoms with Crippen LogP contribution >= 0.6 is 11.5 Å². The minimum absolute atomic E-state index is 0.233. The van der Waals surface area contributed by atoms with Crippen molar-refractivity contribution in [2.75, 3.05) is 6.54 Å². The zero-order chi connectivity index (χ0) is 22.8. The number of pyridine rings is 1. The van der Waals surface area contributed by atoms with Crippen LogP contribution in [0.25, 0.3) is 32.6 Å². The van der Waals surface area contributed by atoms with Crippen molar-refractivity contribution in [1.82, 2.24) is 14.7 Å². The summed E-state index contributed by atoms with van der Waals surface area (Å²) in [4.78, 5) is 27.7. The molecule has 1 amide bonds. The van der Waals surface area contributed by atoms with Gasteiger partial charge in [-0.1, -0.05) is 12.1 Å². The molecule has 0 spiro atoms. The molecule has 10 heteroatoms. The molecule has 0 unspecified atom stereocenters. The number of nitriles is 1. The van der Waals surface area contributed by atoms with Crippen LogP contribution in [0.5, 0.6) is 5.75 Å². The number of carboxylic acid groups (broad SMARTS) is 1. The Balaban J connectivity index is 1.96. The molecule has 0 aliphatic heterocycles. The van der Waals surface area contributed by atoms with Gasteiger partial charge in [0.1, 0.15) is 12.4 Å². The molecule has 2 heterocycles. The summed E-state index contributed by atoms with van der Waals surface area (Å²) < 4.78 is 18.3. The van der Waals surface area contributed by atoms with E-state index in [0.717, 1.165) is 11.5 Å². The molecular formula is C22H13FN4O4S. The largest absolute Gasteiger partial charge is 0.505 e. The highest BCUT2D eigenvalue weighted by Gasteiger charge is 2.25. The van der Waals surface area contributed by atoms with E-state index in [1.165, 1.54) is 24.3 Å². The number of nitrogens with zero attached hydrogens (tertiary/aromatic N) is 3. The van der Waals surface area contributed by atoms with E-state index in [-0.39, 0.29) is 11.1 Å². The Kier molecular flexibility index (Phi) is 5.49. The van der Waals surface area contributed by atoms with E-state index in [0.29, 0.717) is 32.8 Å². The van der Waals surface area contributed by atoms with Crippen LogP contribution < -0.4 is 5.32 Å². The summed E-state index contributed by atoms with van der Waals surface area (Å²) in [5, 5.41) is 31.2. The Hall–Kier alpha value is -4.36. The van der Waals surface area contributed by atoms with Crippen LogP contribution in [0.1, 0.15) is 16.1 Å². The number of benzene rings is 2. The fraction of sp³-hybridized carbons (Fsp3) is 0.0455. The van der Waals surface area contributed by atoms with Crippen LogP contribution in [0.2, 0.25) is 0 Å². The standard InChI is InChI=1S/C22H13FN4O4S/c23-14-7-5-12(6-8-14)17-16-20(30)19(22(31)25-10-15(28)29)26-18(21(16)32-27-17)13-3-1-11(9-24)2-4-13/h1-8,30H,10H2,(H,25,31)(H,28,29). The monoisotopic (exact) mass is 448 g/mol. The average molecular weight is 448 g/mol.